The predicted molar refractivity (Wildman–Crippen MR) is 78.6 cm³/mol. The third-order valence-electron chi connectivity index (χ3n) is 2.54. The second-order valence-electron chi connectivity index (χ2n) is 3.82. The molecular weight excluding hydrogens is 335 g/mol. The molecule has 0 bridgehead atoms. The van der Waals surface area contributed by atoms with Crippen molar-refractivity contribution in [1.29, 1.82) is 0 Å². The molecule has 0 fully saturated rings. The van der Waals surface area contributed by atoms with Gasteiger partial charge < -0.3 is 0 Å². The third-order valence-corrected chi connectivity index (χ3v) is 3.86. The van der Waals surface area contributed by atoms with E-state index in [4.69, 9.17) is 23.2 Å². The zero-order valence-corrected chi connectivity index (χ0v) is 12.4. The van der Waals surface area contributed by atoms with Crippen molar-refractivity contribution in [2.45, 2.75) is 6.42 Å². The van der Waals surface area contributed by atoms with Crippen LogP contribution >= 0.6 is 39.1 Å². The Morgan fingerprint density at radius 3 is 2.50 bits per heavy atom. The van der Waals surface area contributed by atoms with Crippen molar-refractivity contribution in [3.05, 3.63) is 68.1 Å². The van der Waals surface area contributed by atoms with Gasteiger partial charge in [0.1, 0.15) is 0 Å². The van der Waals surface area contributed by atoms with Gasteiger partial charge in [0.2, 0.25) is 0 Å². The molecule has 0 aromatic heterocycles. The number of halogens is 3. The fourth-order valence-corrected chi connectivity index (χ4v) is 2.56. The fourth-order valence-electron chi connectivity index (χ4n) is 1.63. The quantitative estimate of drug-likeness (QED) is 0.701. The summed E-state index contributed by atoms with van der Waals surface area (Å²) in [5.41, 5.74) is 1.44. The van der Waals surface area contributed by atoms with Gasteiger partial charge in [-0.15, -0.1) is 0 Å². The first-order valence-electron chi connectivity index (χ1n) is 5.29. The molecule has 0 radical (unpaired) electrons. The average Bonchev–Trinajstić information content (AvgIpc) is 2.32. The molecule has 0 N–H and O–H groups in total. The molecule has 0 aliphatic carbocycles. The summed E-state index contributed by atoms with van der Waals surface area (Å²) in [7, 11) is 0. The number of hydrogen-bond donors (Lipinski definition) is 0. The van der Waals surface area contributed by atoms with Gasteiger partial charge in [0.05, 0.1) is 5.02 Å². The summed E-state index contributed by atoms with van der Waals surface area (Å²) in [5, 5.41) is 0.914. The highest BCUT2D eigenvalue weighted by atomic mass is 79.9. The number of Topliss-reactive ketones (excluding diaryl/α,β-unsaturated/α-hetero) is 1. The van der Waals surface area contributed by atoms with Gasteiger partial charge in [-0.3, -0.25) is 4.79 Å². The van der Waals surface area contributed by atoms with Crippen molar-refractivity contribution in [2.75, 3.05) is 0 Å². The first kappa shape index (κ1) is 13.6. The summed E-state index contributed by atoms with van der Waals surface area (Å²) < 4.78 is 0.920. The fraction of sp³-hybridized carbons (Fsp3) is 0.0714. The maximum atomic E-state index is 12.2. The summed E-state index contributed by atoms with van der Waals surface area (Å²) in [4.78, 5) is 12.2. The molecule has 0 heterocycles. The van der Waals surface area contributed by atoms with Crippen LogP contribution in [-0.4, -0.2) is 5.78 Å². The molecule has 0 atom stereocenters. The number of carbonyl (C=O) groups is 1. The van der Waals surface area contributed by atoms with Crippen LogP contribution in [0.3, 0.4) is 0 Å². The lowest BCUT2D eigenvalue weighted by Crippen LogP contribution is -2.04. The molecule has 0 saturated heterocycles. The predicted octanol–water partition coefficient (Wildman–Crippen LogP) is 5.18. The van der Waals surface area contributed by atoms with Gasteiger partial charge in [0.25, 0.3) is 0 Å². The van der Waals surface area contributed by atoms with Crippen LogP contribution in [0, 0.1) is 0 Å². The highest BCUT2D eigenvalue weighted by Gasteiger charge is 2.12. The van der Waals surface area contributed by atoms with E-state index >= 15 is 0 Å². The SMILES string of the molecule is O=C(Cc1ccccc1Br)c1ccc(Cl)cc1Cl. The zero-order chi connectivity index (χ0) is 13.1. The topological polar surface area (TPSA) is 17.1 Å². The standard InChI is InChI=1S/C14H9BrCl2O/c15-12-4-2-1-3-9(12)7-14(18)11-6-5-10(16)8-13(11)17/h1-6,8H,7H2. The van der Waals surface area contributed by atoms with Gasteiger partial charge in [-0.1, -0.05) is 57.3 Å². The van der Waals surface area contributed by atoms with Crippen molar-refractivity contribution in [2.24, 2.45) is 0 Å². The lowest BCUT2D eigenvalue weighted by Gasteiger charge is -2.06. The van der Waals surface area contributed by atoms with Crippen molar-refractivity contribution in [1.82, 2.24) is 0 Å². The maximum Gasteiger partial charge on any atom is 0.168 e. The first-order chi connectivity index (χ1) is 8.58. The Kier molecular flexibility index (Phi) is 4.44. The molecule has 2 aromatic carbocycles. The number of rotatable bonds is 3. The zero-order valence-electron chi connectivity index (χ0n) is 9.29. The minimum absolute atomic E-state index is 0.0245. The van der Waals surface area contributed by atoms with Gasteiger partial charge >= 0.3 is 0 Å². The highest BCUT2D eigenvalue weighted by molar-refractivity contribution is 9.10. The molecule has 0 unspecified atom stereocenters. The Bertz CT molecular complexity index is 596. The Hall–Kier alpha value is -0.830. The van der Waals surface area contributed by atoms with Crippen LogP contribution in [0.25, 0.3) is 0 Å². The Labute approximate surface area is 124 Å². The smallest absolute Gasteiger partial charge is 0.168 e. The number of ketones is 1. The second kappa shape index (κ2) is 5.87. The largest absolute Gasteiger partial charge is 0.294 e. The third kappa shape index (κ3) is 3.14. The van der Waals surface area contributed by atoms with Crippen LogP contribution in [0.5, 0.6) is 0 Å². The number of carbonyl (C=O) groups excluding carboxylic acids is 1. The molecule has 18 heavy (non-hydrogen) atoms. The maximum absolute atomic E-state index is 12.2. The van der Waals surface area contributed by atoms with Gasteiger partial charge in [0, 0.05) is 21.5 Å². The second-order valence-corrected chi connectivity index (χ2v) is 5.51. The summed E-state index contributed by atoms with van der Waals surface area (Å²) in [6.07, 6.45) is 0.308. The molecule has 0 spiro atoms. The van der Waals surface area contributed by atoms with Crippen LogP contribution in [-0.2, 0) is 6.42 Å². The van der Waals surface area contributed by atoms with Crippen LogP contribution in [0.15, 0.2) is 46.9 Å². The molecule has 2 rings (SSSR count). The van der Waals surface area contributed by atoms with Gasteiger partial charge in [-0.25, -0.2) is 0 Å². The van der Waals surface area contributed by atoms with Crippen LogP contribution in [0.2, 0.25) is 10.0 Å². The van der Waals surface area contributed by atoms with E-state index in [0.29, 0.717) is 22.0 Å². The van der Waals surface area contributed by atoms with E-state index < -0.39 is 0 Å². The van der Waals surface area contributed by atoms with E-state index in [9.17, 15) is 4.79 Å². The molecule has 0 saturated carbocycles. The molecule has 92 valence electrons. The minimum atomic E-state index is -0.0245. The molecule has 0 aliphatic rings. The lowest BCUT2D eigenvalue weighted by molar-refractivity contribution is 0.0993. The molecule has 0 aliphatic heterocycles. The van der Waals surface area contributed by atoms with Gasteiger partial charge in [0.15, 0.2) is 5.78 Å². The lowest BCUT2D eigenvalue weighted by atomic mass is 10.0. The van der Waals surface area contributed by atoms with Crippen LogP contribution < -0.4 is 0 Å². The summed E-state index contributed by atoms with van der Waals surface area (Å²) in [6, 6.07) is 12.5. The molecular formula is C14H9BrCl2O. The first-order valence-corrected chi connectivity index (χ1v) is 6.84. The van der Waals surface area contributed by atoms with E-state index in [-0.39, 0.29) is 5.78 Å². The van der Waals surface area contributed by atoms with Crippen LogP contribution in [0.4, 0.5) is 0 Å². The highest BCUT2D eigenvalue weighted by Crippen LogP contribution is 2.24. The van der Waals surface area contributed by atoms with E-state index in [1.165, 1.54) is 0 Å². The summed E-state index contributed by atoms with van der Waals surface area (Å²) in [6.45, 7) is 0. The molecule has 4 heteroatoms. The Balaban J connectivity index is 2.25. The van der Waals surface area contributed by atoms with E-state index in [0.717, 1.165) is 10.0 Å². The number of hydrogen-bond acceptors (Lipinski definition) is 1. The minimum Gasteiger partial charge on any atom is -0.294 e. The van der Waals surface area contributed by atoms with Crippen molar-refractivity contribution in [3.63, 3.8) is 0 Å². The van der Waals surface area contributed by atoms with E-state index in [1.54, 1.807) is 18.2 Å². The average molecular weight is 344 g/mol. The molecule has 1 nitrogen and oxygen atoms in total. The molecule has 2 aromatic rings. The summed E-state index contributed by atoms with van der Waals surface area (Å²) in [5.74, 6) is -0.0245. The molecule has 0 amide bonds. The Morgan fingerprint density at radius 1 is 1.11 bits per heavy atom. The monoisotopic (exact) mass is 342 g/mol. The van der Waals surface area contributed by atoms with Crippen molar-refractivity contribution >= 4 is 44.9 Å². The number of benzene rings is 2. The van der Waals surface area contributed by atoms with Gasteiger partial charge in [-0.05, 0) is 29.8 Å². The van der Waals surface area contributed by atoms with Crippen molar-refractivity contribution < 1.29 is 4.79 Å². The van der Waals surface area contributed by atoms with E-state index in [2.05, 4.69) is 15.9 Å². The van der Waals surface area contributed by atoms with E-state index in [1.807, 2.05) is 24.3 Å². The summed E-state index contributed by atoms with van der Waals surface area (Å²) >= 11 is 15.2. The Morgan fingerprint density at radius 2 is 1.83 bits per heavy atom. The normalized spacial score (nSPS) is 10.4. The van der Waals surface area contributed by atoms with Crippen LogP contribution in [0.1, 0.15) is 15.9 Å². The van der Waals surface area contributed by atoms with Crippen molar-refractivity contribution in [3.8, 4) is 0 Å². The van der Waals surface area contributed by atoms with Gasteiger partial charge in [-0.2, -0.15) is 0 Å².